The molecule has 0 N–H and O–H groups in total. The smallest absolute Gasteiger partial charge is 0.339 e. The van der Waals surface area contributed by atoms with E-state index in [2.05, 4.69) is 0 Å². The molecule has 8 nitrogen and oxygen atoms in total. The number of fused-ring (bicyclic) bond motifs is 2. The number of aromatic nitrogens is 1. The van der Waals surface area contributed by atoms with Crippen molar-refractivity contribution >= 4 is 40.2 Å². The lowest BCUT2D eigenvalue weighted by molar-refractivity contribution is -0.122. The maximum Gasteiger partial charge on any atom is 0.339 e. The van der Waals surface area contributed by atoms with Crippen LogP contribution in [-0.4, -0.2) is 42.3 Å². The van der Waals surface area contributed by atoms with Crippen LogP contribution in [0.3, 0.4) is 0 Å². The van der Waals surface area contributed by atoms with Crippen LogP contribution in [0.1, 0.15) is 33.6 Å². The molecule has 4 aromatic rings. The van der Waals surface area contributed by atoms with E-state index in [0.29, 0.717) is 52.0 Å². The maximum atomic E-state index is 13.2. The minimum absolute atomic E-state index is 0.171. The van der Waals surface area contributed by atoms with Gasteiger partial charge in [-0.05, 0) is 61.4 Å². The molecule has 2 unspecified atom stereocenters. The fourth-order valence-corrected chi connectivity index (χ4v) is 5.40. The van der Waals surface area contributed by atoms with E-state index in [9.17, 15) is 19.2 Å². The van der Waals surface area contributed by atoms with E-state index in [0.717, 1.165) is 0 Å². The van der Waals surface area contributed by atoms with Crippen LogP contribution in [0.15, 0.2) is 91.0 Å². The summed E-state index contributed by atoms with van der Waals surface area (Å²) in [4.78, 5) is 57.8. The number of pyridine rings is 1. The molecule has 1 saturated heterocycles. The highest BCUT2D eigenvalue weighted by Crippen LogP contribution is 2.38. The minimum Gasteiger partial charge on any atom is -0.497 e. The lowest BCUT2D eigenvalue weighted by Crippen LogP contribution is -2.30. The molecule has 3 aromatic carbocycles. The first kappa shape index (κ1) is 26.1. The number of anilines is 1. The maximum absolute atomic E-state index is 13.2. The van der Waals surface area contributed by atoms with Gasteiger partial charge in [0.05, 0.1) is 41.4 Å². The van der Waals surface area contributed by atoms with Gasteiger partial charge in [0.2, 0.25) is 11.8 Å². The number of para-hydroxylation sites is 1. The number of ketones is 1. The first-order chi connectivity index (χ1) is 19.9. The first-order valence-electron chi connectivity index (χ1n) is 13.3. The second-order valence-electron chi connectivity index (χ2n) is 10.0. The van der Waals surface area contributed by atoms with Crippen molar-refractivity contribution in [2.75, 3.05) is 18.6 Å². The van der Waals surface area contributed by atoms with Crippen molar-refractivity contribution in [3.63, 3.8) is 0 Å². The number of esters is 1. The fourth-order valence-electron chi connectivity index (χ4n) is 5.40. The molecular formula is C33H26N2O6. The van der Waals surface area contributed by atoms with Crippen LogP contribution in [0, 0.1) is 11.8 Å². The van der Waals surface area contributed by atoms with Crippen LogP contribution in [0.25, 0.3) is 22.2 Å². The number of amides is 2. The number of carbonyl (C=O) groups excluding carboxylic acids is 4. The Kier molecular flexibility index (Phi) is 6.89. The lowest BCUT2D eigenvalue weighted by atomic mass is 9.85. The molecule has 0 bridgehead atoms. The molecule has 1 aliphatic carbocycles. The van der Waals surface area contributed by atoms with Gasteiger partial charge in [-0.15, -0.1) is 0 Å². The Morgan fingerprint density at radius 3 is 2.20 bits per heavy atom. The molecule has 204 valence electrons. The van der Waals surface area contributed by atoms with Gasteiger partial charge in [0, 0.05) is 16.5 Å². The summed E-state index contributed by atoms with van der Waals surface area (Å²) in [5.41, 5.74) is 2.99. The summed E-state index contributed by atoms with van der Waals surface area (Å²) in [6, 6.07) is 22.4. The van der Waals surface area contributed by atoms with Gasteiger partial charge in [0.1, 0.15) is 5.75 Å². The lowest BCUT2D eigenvalue weighted by Gasteiger charge is -2.15. The monoisotopic (exact) mass is 546 g/mol. The number of carbonyl (C=O) groups is 4. The van der Waals surface area contributed by atoms with Crippen LogP contribution < -0.4 is 9.64 Å². The molecule has 41 heavy (non-hydrogen) atoms. The number of ether oxygens (including phenoxy) is 2. The van der Waals surface area contributed by atoms with Gasteiger partial charge in [0.15, 0.2) is 12.4 Å². The standard InChI is InChI=1S/C33H26N2O6/c1-40-23-16-12-21(13-17-23)30(36)19-41-33(39)27-18-29(34-28-9-5-4-6-24(27)28)20-10-14-22(15-11-20)35-31(37)25-7-2-3-8-26(25)32(35)38/h2-6,9-18,25-26H,7-8,19H2,1H3. The Morgan fingerprint density at radius 1 is 0.878 bits per heavy atom. The highest BCUT2D eigenvalue weighted by atomic mass is 16.5. The zero-order valence-corrected chi connectivity index (χ0v) is 22.3. The van der Waals surface area contributed by atoms with E-state index in [1.54, 1.807) is 79.9 Å². The third kappa shape index (κ3) is 4.89. The van der Waals surface area contributed by atoms with Crippen LogP contribution in [0.4, 0.5) is 5.69 Å². The topological polar surface area (TPSA) is 103 Å². The summed E-state index contributed by atoms with van der Waals surface area (Å²) in [7, 11) is 1.54. The Bertz CT molecular complexity index is 1680. The highest BCUT2D eigenvalue weighted by molar-refractivity contribution is 6.22. The summed E-state index contributed by atoms with van der Waals surface area (Å²) >= 11 is 0. The molecule has 1 aliphatic heterocycles. The Morgan fingerprint density at radius 2 is 1.54 bits per heavy atom. The number of hydrogen-bond acceptors (Lipinski definition) is 7. The average molecular weight is 547 g/mol. The van der Waals surface area contributed by atoms with E-state index in [-0.39, 0.29) is 35.0 Å². The van der Waals surface area contributed by atoms with Crippen LogP contribution in [0.2, 0.25) is 0 Å². The molecule has 1 aromatic heterocycles. The quantitative estimate of drug-likeness (QED) is 0.132. The molecule has 0 saturated carbocycles. The molecule has 6 rings (SSSR count). The zero-order valence-electron chi connectivity index (χ0n) is 22.3. The van der Waals surface area contributed by atoms with Crippen molar-refractivity contribution in [3.05, 3.63) is 102 Å². The number of rotatable bonds is 7. The van der Waals surface area contributed by atoms with Crippen molar-refractivity contribution in [2.45, 2.75) is 12.8 Å². The van der Waals surface area contributed by atoms with Crippen molar-refractivity contribution < 1.29 is 28.7 Å². The van der Waals surface area contributed by atoms with E-state index >= 15 is 0 Å². The van der Waals surface area contributed by atoms with E-state index in [4.69, 9.17) is 14.5 Å². The normalized spacial score (nSPS) is 17.9. The molecule has 2 heterocycles. The van der Waals surface area contributed by atoms with Crippen LogP contribution in [-0.2, 0) is 14.3 Å². The summed E-state index contributed by atoms with van der Waals surface area (Å²) in [5.74, 6) is -1.31. The average Bonchev–Trinajstić information content (AvgIpc) is 3.28. The van der Waals surface area contributed by atoms with Gasteiger partial charge in [-0.1, -0.05) is 42.5 Å². The number of imide groups is 1. The van der Waals surface area contributed by atoms with Crippen molar-refractivity contribution in [1.82, 2.24) is 4.98 Å². The van der Waals surface area contributed by atoms with E-state index in [1.807, 2.05) is 18.2 Å². The molecule has 2 atom stereocenters. The third-order valence-electron chi connectivity index (χ3n) is 7.61. The molecule has 0 spiro atoms. The van der Waals surface area contributed by atoms with Crippen LogP contribution >= 0.6 is 0 Å². The van der Waals surface area contributed by atoms with Gasteiger partial charge in [0.25, 0.3) is 0 Å². The number of benzene rings is 3. The molecule has 2 aliphatic rings. The van der Waals surface area contributed by atoms with Gasteiger partial charge < -0.3 is 9.47 Å². The van der Waals surface area contributed by atoms with Gasteiger partial charge >= 0.3 is 5.97 Å². The SMILES string of the molecule is COc1ccc(C(=O)COC(=O)c2cc(-c3ccc(N4C(=O)C5CC=CCC5C4=O)cc3)nc3ccccc23)cc1. The van der Waals surface area contributed by atoms with Crippen LogP contribution in [0.5, 0.6) is 5.75 Å². The number of allylic oxidation sites excluding steroid dienone is 2. The highest BCUT2D eigenvalue weighted by Gasteiger charge is 2.47. The van der Waals surface area contributed by atoms with Gasteiger partial charge in [-0.3, -0.25) is 19.3 Å². The summed E-state index contributed by atoms with van der Waals surface area (Å²) in [5, 5.41) is 0.597. The summed E-state index contributed by atoms with van der Waals surface area (Å²) in [6.45, 7) is -0.415. The molecular weight excluding hydrogens is 520 g/mol. The predicted molar refractivity (Wildman–Crippen MR) is 153 cm³/mol. The number of hydrogen-bond donors (Lipinski definition) is 0. The largest absolute Gasteiger partial charge is 0.497 e. The molecule has 1 fully saturated rings. The second-order valence-corrected chi connectivity index (χ2v) is 10.0. The second kappa shape index (κ2) is 10.8. The zero-order chi connectivity index (χ0) is 28.5. The fraction of sp³-hybridized carbons (Fsp3) is 0.182. The Balaban J connectivity index is 1.24. The van der Waals surface area contributed by atoms with Gasteiger partial charge in [-0.25, -0.2) is 9.78 Å². The molecule has 8 heteroatoms. The van der Waals surface area contributed by atoms with E-state index in [1.165, 1.54) is 4.90 Å². The summed E-state index contributed by atoms with van der Waals surface area (Å²) < 4.78 is 10.5. The Hall–Kier alpha value is -5.11. The molecule has 2 amide bonds. The number of Topliss-reactive ketones (excluding diaryl/α,β-unsaturated/α-hetero) is 1. The molecule has 0 radical (unpaired) electrons. The third-order valence-corrected chi connectivity index (χ3v) is 7.61. The number of nitrogens with zero attached hydrogens (tertiary/aromatic N) is 2. The van der Waals surface area contributed by atoms with Crippen molar-refractivity contribution in [1.29, 1.82) is 0 Å². The van der Waals surface area contributed by atoms with Crippen molar-refractivity contribution in [2.24, 2.45) is 11.8 Å². The first-order valence-corrected chi connectivity index (χ1v) is 13.3. The minimum atomic E-state index is -0.646. The number of methoxy groups -OCH3 is 1. The van der Waals surface area contributed by atoms with Crippen molar-refractivity contribution in [3.8, 4) is 17.0 Å². The Labute approximate surface area is 236 Å². The van der Waals surface area contributed by atoms with E-state index < -0.39 is 12.6 Å². The summed E-state index contributed by atoms with van der Waals surface area (Å²) in [6.07, 6.45) is 5.08. The van der Waals surface area contributed by atoms with Gasteiger partial charge in [-0.2, -0.15) is 0 Å². The predicted octanol–water partition coefficient (Wildman–Crippen LogP) is 5.41.